The summed E-state index contributed by atoms with van der Waals surface area (Å²) in [6, 6.07) is 50.7. The zero-order chi connectivity index (χ0) is 25.1. The van der Waals surface area contributed by atoms with Gasteiger partial charge in [0.05, 0.1) is 11.0 Å². The molecule has 0 unspecified atom stereocenters. The molecule has 0 amide bonds. The summed E-state index contributed by atoms with van der Waals surface area (Å²) in [6.45, 7) is 0. The molecule has 1 nitrogen and oxygen atoms in total. The fraction of sp³-hybridized carbons (Fsp3) is 0. The standard InChI is InChI=1S/C36H23NS/c1-2-9-24(10-3-1)25-17-20-27(21-18-25)37-33-15-6-4-11-29(33)31-14-8-13-28(36(31)37)26-19-22-35-32(23-26)30-12-5-7-16-34(30)38-35/h1-23H. The fourth-order valence-corrected chi connectivity index (χ4v) is 6.93. The van der Waals surface area contributed by atoms with Crippen molar-refractivity contribution in [2.24, 2.45) is 0 Å². The summed E-state index contributed by atoms with van der Waals surface area (Å²) < 4.78 is 5.11. The van der Waals surface area contributed by atoms with Crippen molar-refractivity contribution in [2.45, 2.75) is 0 Å². The summed E-state index contributed by atoms with van der Waals surface area (Å²) in [5.74, 6) is 0. The van der Waals surface area contributed by atoms with Crippen LogP contribution in [0.25, 0.3) is 69.9 Å². The number of para-hydroxylation sites is 2. The molecule has 8 aromatic rings. The largest absolute Gasteiger partial charge is 0.309 e. The van der Waals surface area contributed by atoms with Gasteiger partial charge < -0.3 is 4.57 Å². The minimum atomic E-state index is 1.17. The molecule has 2 heterocycles. The van der Waals surface area contributed by atoms with E-state index in [2.05, 4.69) is 144 Å². The number of thiophene rings is 1. The summed E-state index contributed by atoms with van der Waals surface area (Å²) in [5.41, 5.74) is 8.61. The average Bonchev–Trinajstić information content (AvgIpc) is 3.53. The van der Waals surface area contributed by atoms with Crippen LogP contribution < -0.4 is 0 Å². The predicted molar refractivity (Wildman–Crippen MR) is 165 cm³/mol. The van der Waals surface area contributed by atoms with Crippen LogP contribution in [0.3, 0.4) is 0 Å². The molecule has 0 radical (unpaired) electrons. The van der Waals surface area contributed by atoms with E-state index in [-0.39, 0.29) is 0 Å². The van der Waals surface area contributed by atoms with Crippen molar-refractivity contribution in [2.75, 3.05) is 0 Å². The van der Waals surface area contributed by atoms with Crippen LogP contribution in [0.15, 0.2) is 140 Å². The molecule has 2 aromatic heterocycles. The molecule has 178 valence electrons. The van der Waals surface area contributed by atoms with Gasteiger partial charge in [-0.15, -0.1) is 11.3 Å². The van der Waals surface area contributed by atoms with Crippen molar-refractivity contribution in [3.05, 3.63) is 140 Å². The molecule has 0 aliphatic rings. The molecule has 0 fully saturated rings. The van der Waals surface area contributed by atoms with Gasteiger partial charge in [0.1, 0.15) is 0 Å². The Bertz CT molecular complexity index is 2110. The van der Waals surface area contributed by atoms with Gasteiger partial charge in [-0.25, -0.2) is 0 Å². The first-order chi connectivity index (χ1) is 18.8. The highest BCUT2D eigenvalue weighted by molar-refractivity contribution is 7.25. The number of hydrogen-bond acceptors (Lipinski definition) is 1. The Hall–Kier alpha value is -4.66. The normalized spacial score (nSPS) is 11.7. The molecule has 0 bridgehead atoms. The van der Waals surface area contributed by atoms with E-state index in [9.17, 15) is 0 Å². The molecule has 0 N–H and O–H groups in total. The zero-order valence-electron chi connectivity index (χ0n) is 20.6. The van der Waals surface area contributed by atoms with E-state index in [1.807, 2.05) is 11.3 Å². The molecule has 0 aliphatic carbocycles. The summed E-state index contributed by atoms with van der Waals surface area (Å²) in [5, 5.41) is 5.22. The number of fused-ring (bicyclic) bond motifs is 6. The van der Waals surface area contributed by atoms with Crippen LogP contribution in [0.4, 0.5) is 0 Å². The van der Waals surface area contributed by atoms with Gasteiger partial charge in [0, 0.05) is 42.2 Å². The van der Waals surface area contributed by atoms with Crippen molar-refractivity contribution in [3.63, 3.8) is 0 Å². The number of aromatic nitrogens is 1. The molecule has 38 heavy (non-hydrogen) atoms. The third kappa shape index (κ3) is 3.24. The molecule has 8 rings (SSSR count). The Morgan fingerprint density at radius 2 is 1.08 bits per heavy atom. The lowest BCUT2D eigenvalue weighted by Gasteiger charge is -2.13. The Morgan fingerprint density at radius 3 is 1.95 bits per heavy atom. The molecule has 0 saturated heterocycles. The van der Waals surface area contributed by atoms with Gasteiger partial charge in [-0.05, 0) is 53.1 Å². The highest BCUT2D eigenvalue weighted by Gasteiger charge is 2.17. The van der Waals surface area contributed by atoms with Crippen LogP contribution >= 0.6 is 11.3 Å². The van der Waals surface area contributed by atoms with E-state index in [0.717, 1.165) is 0 Å². The third-order valence-corrected chi connectivity index (χ3v) is 8.77. The van der Waals surface area contributed by atoms with Gasteiger partial charge in [-0.3, -0.25) is 0 Å². The molecule has 6 aromatic carbocycles. The molecule has 0 spiro atoms. The summed E-state index contributed by atoms with van der Waals surface area (Å²) in [6.07, 6.45) is 0. The van der Waals surface area contributed by atoms with Gasteiger partial charge in [0.2, 0.25) is 0 Å². The number of rotatable bonds is 3. The molecule has 2 heteroatoms. The molecule has 0 aliphatic heterocycles. The van der Waals surface area contributed by atoms with Gasteiger partial charge in [-0.1, -0.05) is 103 Å². The maximum absolute atomic E-state index is 2.44. The smallest absolute Gasteiger partial charge is 0.0619 e. The maximum Gasteiger partial charge on any atom is 0.0619 e. The van der Waals surface area contributed by atoms with Gasteiger partial charge in [0.25, 0.3) is 0 Å². The second kappa shape index (κ2) is 8.44. The van der Waals surface area contributed by atoms with E-state index in [4.69, 9.17) is 0 Å². The molecule has 0 atom stereocenters. The summed E-state index contributed by atoms with van der Waals surface area (Å²) in [4.78, 5) is 0. The van der Waals surface area contributed by atoms with Crippen molar-refractivity contribution < 1.29 is 0 Å². The van der Waals surface area contributed by atoms with Crippen LogP contribution in [-0.2, 0) is 0 Å². The van der Waals surface area contributed by atoms with E-state index >= 15 is 0 Å². The van der Waals surface area contributed by atoms with E-state index in [1.165, 1.54) is 69.9 Å². The quantitative estimate of drug-likeness (QED) is 0.227. The monoisotopic (exact) mass is 501 g/mol. The zero-order valence-corrected chi connectivity index (χ0v) is 21.5. The first-order valence-electron chi connectivity index (χ1n) is 12.9. The van der Waals surface area contributed by atoms with Gasteiger partial charge in [-0.2, -0.15) is 0 Å². The molecular weight excluding hydrogens is 478 g/mol. The van der Waals surface area contributed by atoms with E-state index < -0.39 is 0 Å². The second-order valence-electron chi connectivity index (χ2n) is 9.78. The first kappa shape index (κ1) is 21.4. The lowest BCUT2D eigenvalue weighted by atomic mass is 10.00. The van der Waals surface area contributed by atoms with Crippen LogP contribution in [0, 0.1) is 0 Å². The number of hydrogen-bond donors (Lipinski definition) is 0. The SMILES string of the molecule is c1ccc(-c2ccc(-n3c4ccccc4c4cccc(-c5ccc6sc7ccccc7c6c5)c43)cc2)cc1. The molecular formula is C36H23NS. The third-order valence-electron chi connectivity index (χ3n) is 7.62. The molecule has 0 saturated carbocycles. The Kier molecular flexibility index (Phi) is 4.76. The number of nitrogens with zero attached hydrogens (tertiary/aromatic N) is 1. The second-order valence-corrected chi connectivity index (χ2v) is 10.9. The minimum absolute atomic E-state index is 1.17. The van der Waals surface area contributed by atoms with Crippen molar-refractivity contribution in [3.8, 4) is 27.9 Å². The van der Waals surface area contributed by atoms with Gasteiger partial charge >= 0.3 is 0 Å². The lowest BCUT2D eigenvalue weighted by Crippen LogP contribution is -1.95. The van der Waals surface area contributed by atoms with E-state index in [0.29, 0.717) is 0 Å². The summed E-state index contributed by atoms with van der Waals surface area (Å²) in [7, 11) is 0. The fourth-order valence-electron chi connectivity index (χ4n) is 5.85. The van der Waals surface area contributed by atoms with Crippen LogP contribution in [0.5, 0.6) is 0 Å². The summed E-state index contributed by atoms with van der Waals surface area (Å²) >= 11 is 1.87. The Labute approximate surface area is 224 Å². The number of benzene rings is 6. The highest BCUT2D eigenvalue weighted by atomic mass is 32.1. The van der Waals surface area contributed by atoms with Gasteiger partial charge in [0.15, 0.2) is 0 Å². The minimum Gasteiger partial charge on any atom is -0.309 e. The van der Waals surface area contributed by atoms with Crippen molar-refractivity contribution in [1.29, 1.82) is 0 Å². The maximum atomic E-state index is 2.44. The first-order valence-corrected chi connectivity index (χ1v) is 13.8. The van der Waals surface area contributed by atoms with Crippen LogP contribution in [-0.4, -0.2) is 4.57 Å². The van der Waals surface area contributed by atoms with Crippen molar-refractivity contribution >= 4 is 53.3 Å². The van der Waals surface area contributed by atoms with Crippen LogP contribution in [0.2, 0.25) is 0 Å². The van der Waals surface area contributed by atoms with Crippen LogP contribution in [0.1, 0.15) is 0 Å². The lowest BCUT2D eigenvalue weighted by molar-refractivity contribution is 1.18. The Morgan fingerprint density at radius 1 is 0.421 bits per heavy atom. The highest BCUT2D eigenvalue weighted by Crippen LogP contribution is 2.41. The average molecular weight is 502 g/mol. The van der Waals surface area contributed by atoms with Crippen molar-refractivity contribution in [1.82, 2.24) is 4.57 Å². The predicted octanol–water partition coefficient (Wildman–Crippen LogP) is 10.5. The van der Waals surface area contributed by atoms with E-state index in [1.54, 1.807) is 0 Å². The topological polar surface area (TPSA) is 4.93 Å². The Balaban J connectivity index is 1.39.